The third-order valence-electron chi connectivity index (χ3n) is 2.29. The Kier molecular flexibility index (Phi) is 3.76. The topological polar surface area (TPSA) is 118 Å². The van der Waals surface area contributed by atoms with E-state index in [2.05, 4.69) is 15.5 Å². The smallest absolute Gasteiger partial charge is 0.296 e. The molecule has 8 nitrogen and oxygen atoms in total. The number of anilines is 1. The lowest BCUT2D eigenvalue weighted by atomic mass is 10.2. The fourth-order valence-electron chi connectivity index (χ4n) is 1.40. The molecule has 2 aromatic rings. The van der Waals surface area contributed by atoms with Crippen LogP contribution in [-0.4, -0.2) is 26.1 Å². The summed E-state index contributed by atoms with van der Waals surface area (Å²) in [6.45, 7) is 0. The Morgan fingerprint density at radius 1 is 1.30 bits per heavy atom. The predicted octanol–water partition coefficient (Wildman–Crippen LogP) is 2.00. The first-order valence-electron chi connectivity index (χ1n) is 5.25. The Morgan fingerprint density at radius 3 is 2.65 bits per heavy atom. The maximum absolute atomic E-state index is 11.8. The van der Waals surface area contributed by atoms with Crippen LogP contribution >= 0.6 is 11.6 Å². The van der Waals surface area contributed by atoms with Gasteiger partial charge in [0, 0.05) is 0 Å². The van der Waals surface area contributed by atoms with Crippen LogP contribution in [0.1, 0.15) is 10.5 Å². The number of carbonyl (C=O) groups excluding carboxylic acids is 1. The lowest BCUT2D eigenvalue weighted by Crippen LogP contribution is -2.15. The quantitative estimate of drug-likeness (QED) is 0.507. The van der Waals surface area contributed by atoms with Crippen LogP contribution in [0.15, 0.2) is 30.3 Å². The molecule has 0 saturated carbocycles. The number of rotatable bonds is 3. The SMILES string of the molecule is O=C(Nc1ccc(O)cc1[N+](=O)[O-])c1ccc(Cl)nn1. The maximum atomic E-state index is 11.8. The molecule has 0 atom stereocenters. The third kappa shape index (κ3) is 2.98. The number of hydrogen-bond donors (Lipinski definition) is 2. The van der Waals surface area contributed by atoms with E-state index in [9.17, 15) is 20.0 Å². The average Bonchev–Trinajstić information content (AvgIpc) is 2.41. The molecule has 0 unspecified atom stereocenters. The molecule has 0 bridgehead atoms. The number of nitrogens with one attached hydrogen (secondary N) is 1. The molecule has 9 heteroatoms. The van der Waals surface area contributed by atoms with Gasteiger partial charge in [0.05, 0.1) is 11.0 Å². The number of aromatic hydroxyl groups is 1. The van der Waals surface area contributed by atoms with Crippen molar-refractivity contribution < 1.29 is 14.8 Å². The number of carbonyl (C=O) groups is 1. The molecule has 0 aliphatic carbocycles. The van der Waals surface area contributed by atoms with Crippen LogP contribution in [0, 0.1) is 10.1 Å². The third-order valence-corrected chi connectivity index (χ3v) is 2.49. The number of benzene rings is 1. The summed E-state index contributed by atoms with van der Waals surface area (Å²) in [5, 5.41) is 29.5. The van der Waals surface area contributed by atoms with E-state index in [-0.39, 0.29) is 22.3 Å². The van der Waals surface area contributed by atoms with Crippen molar-refractivity contribution in [1.82, 2.24) is 10.2 Å². The molecule has 0 aliphatic heterocycles. The summed E-state index contributed by atoms with van der Waals surface area (Å²) < 4.78 is 0. The molecule has 0 aliphatic rings. The minimum Gasteiger partial charge on any atom is -0.508 e. The summed E-state index contributed by atoms with van der Waals surface area (Å²) in [7, 11) is 0. The van der Waals surface area contributed by atoms with Crippen molar-refractivity contribution in [2.45, 2.75) is 0 Å². The van der Waals surface area contributed by atoms with Crippen molar-refractivity contribution in [3.05, 3.63) is 51.3 Å². The number of hydrogen-bond acceptors (Lipinski definition) is 6. The molecule has 1 aromatic carbocycles. The zero-order valence-corrected chi connectivity index (χ0v) is 10.5. The van der Waals surface area contributed by atoms with Gasteiger partial charge < -0.3 is 10.4 Å². The first-order valence-corrected chi connectivity index (χ1v) is 5.63. The monoisotopic (exact) mass is 294 g/mol. The molecule has 2 rings (SSSR count). The number of nitrogens with zero attached hydrogens (tertiary/aromatic N) is 3. The highest BCUT2D eigenvalue weighted by Crippen LogP contribution is 2.28. The second-order valence-corrected chi connectivity index (χ2v) is 4.04. The zero-order valence-electron chi connectivity index (χ0n) is 9.78. The van der Waals surface area contributed by atoms with Gasteiger partial charge in [-0.05, 0) is 24.3 Å². The minimum atomic E-state index is -0.719. The highest BCUT2D eigenvalue weighted by atomic mass is 35.5. The molecule has 102 valence electrons. The molecule has 20 heavy (non-hydrogen) atoms. The van der Waals surface area contributed by atoms with Crippen LogP contribution < -0.4 is 5.32 Å². The molecule has 1 aromatic heterocycles. The van der Waals surface area contributed by atoms with Gasteiger partial charge in [0.25, 0.3) is 11.6 Å². The van der Waals surface area contributed by atoms with E-state index >= 15 is 0 Å². The van der Waals surface area contributed by atoms with Crippen LogP contribution in [0.4, 0.5) is 11.4 Å². The van der Waals surface area contributed by atoms with Crippen LogP contribution in [0.25, 0.3) is 0 Å². The molecule has 0 radical (unpaired) electrons. The Bertz CT molecular complexity index is 675. The van der Waals surface area contributed by atoms with Crippen molar-refractivity contribution in [2.24, 2.45) is 0 Å². The molecule has 0 saturated heterocycles. The van der Waals surface area contributed by atoms with Crippen LogP contribution in [-0.2, 0) is 0 Å². The highest BCUT2D eigenvalue weighted by molar-refractivity contribution is 6.29. The molecule has 0 fully saturated rings. The fraction of sp³-hybridized carbons (Fsp3) is 0. The number of nitro benzene ring substituents is 1. The summed E-state index contributed by atoms with van der Waals surface area (Å²) >= 11 is 5.54. The van der Waals surface area contributed by atoms with Gasteiger partial charge in [-0.3, -0.25) is 14.9 Å². The van der Waals surface area contributed by atoms with Crippen molar-refractivity contribution in [1.29, 1.82) is 0 Å². The van der Waals surface area contributed by atoms with E-state index in [0.29, 0.717) is 0 Å². The number of amides is 1. The number of aromatic nitrogens is 2. The fourth-order valence-corrected chi connectivity index (χ4v) is 1.50. The molecule has 1 heterocycles. The Hall–Kier alpha value is -2.74. The summed E-state index contributed by atoms with van der Waals surface area (Å²) in [4.78, 5) is 22.0. The van der Waals surface area contributed by atoms with Crippen LogP contribution in [0.2, 0.25) is 5.15 Å². The second kappa shape index (κ2) is 5.49. The van der Waals surface area contributed by atoms with E-state index in [1.54, 1.807) is 0 Å². The summed E-state index contributed by atoms with van der Waals surface area (Å²) in [6.07, 6.45) is 0. The normalized spacial score (nSPS) is 10.1. The van der Waals surface area contributed by atoms with Crippen LogP contribution in [0.3, 0.4) is 0 Å². The molecular weight excluding hydrogens is 288 g/mol. The van der Waals surface area contributed by atoms with Gasteiger partial charge in [-0.2, -0.15) is 0 Å². The molecular formula is C11H7ClN4O4. The maximum Gasteiger partial charge on any atom is 0.296 e. The van der Waals surface area contributed by atoms with Gasteiger partial charge in [-0.25, -0.2) is 0 Å². The van der Waals surface area contributed by atoms with Gasteiger partial charge in [0.15, 0.2) is 10.8 Å². The Morgan fingerprint density at radius 2 is 2.05 bits per heavy atom. The predicted molar refractivity (Wildman–Crippen MR) is 69.8 cm³/mol. The van der Waals surface area contributed by atoms with E-state index in [1.165, 1.54) is 24.3 Å². The van der Waals surface area contributed by atoms with Gasteiger partial charge >= 0.3 is 0 Å². The van der Waals surface area contributed by atoms with E-state index in [1.807, 2.05) is 0 Å². The first kappa shape index (κ1) is 13.7. The van der Waals surface area contributed by atoms with Crippen LogP contribution in [0.5, 0.6) is 5.75 Å². The van der Waals surface area contributed by atoms with Crippen molar-refractivity contribution in [2.75, 3.05) is 5.32 Å². The molecule has 2 N–H and O–H groups in total. The number of phenols is 1. The summed E-state index contributed by atoms with van der Waals surface area (Å²) in [5.74, 6) is -0.955. The molecule has 0 spiro atoms. The minimum absolute atomic E-state index is 0.0447. The first-order chi connectivity index (χ1) is 9.47. The lowest BCUT2D eigenvalue weighted by Gasteiger charge is -2.05. The second-order valence-electron chi connectivity index (χ2n) is 3.65. The average molecular weight is 295 g/mol. The van der Waals surface area contributed by atoms with Gasteiger partial charge in [0.2, 0.25) is 0 Å². The van der Waals surface area contributed by atoms with Gasteiger partial charge in [0.1, 0.15) is 11.4 Å². The zero-order chi connectivity index (χ0) is 14.7. The Labute approximate surface area is 117 Å². The standard InChI is InChI=1S/C11H7ClN4O4/c12-10-4-3-8(14-15-10)11(18)13-7-2-1-6(17)5-9(7)16(19)20/h1-5,17H,(H,13,18). The van der Waals surface area contributed by atoms with E-state index in [0.717, 1.165) is 6.07 Å². The Balaban J connectivity index is 2.28. The van der Waals surface area contributed by atoms with Gasteiger partial charge in [-0.15, -0.1) is 10.2 Å². The molecule has 1 amide bonds. The van der Waals surface area contributed by atoms with Crippen molar-refractivity contribution in [3.63, 3.8) is 0 Å². The lowest BCUT2D eigenvalue weighted by molar-refractivity contribution is -0.384. The van der Waals surface area contributed by atoms with Crippen molar-refractivity contribution >= 4 is 28.9 Å². The number of phenolic OH excluding ortho intramolecular Hbond substituents is 1. The number of halogens is 1. The summed E-state index contributed by atoms with van der Waals surface area (Å²) in [6, 6.07) is 6.07. The summed E-state index contributed by atoms with van der Waals surface area (Å²) in [5.41, 5.74) is -0.536. The number of nitro groups is 1. The highest BCUT2D eigenvalue weighted by Gasteiger charge is 2.18. The van der Waals surface area contributed by atoms with Crippen molar-refractivity contribution in [3.8, 4) is 5.75 Å². The van der Waals surface area contributed by atoms with E-state index < -0.39 is 16.5 Å². The van der Waals surface area contributed by atoms with Gasteiger partial charge in [-0.1, -0.05) is 11.6 Å². The van der Waals surface area contributed by atoms with E-state index in [4.69, 9.17) is 11.6 Å². The largest absolute Gasteiger partial charge is 0.508 e.